The Labute approximate surface area is 123 Å². The van der Waals surface area contributed by atoms with Crippen LogP contribution in [0.25, 0.3) is 0 Å². The summed E-state index contributed by atoms with van der Waals surface area (Å²) in [6.07, 6.45) is 1.73. The molecule has 0 amide bonds. The van der Waals surface area contributed by atoms with Crippen molar-refractivity contribution in [1.82, 2.24) is 5.32 Å². The van der Waals surface area contributed by atoms with E-state index in [1.807, 2.05) is 7.05 Å². The number of benzene rings is 1. The van der Waals surface area contributed by atoms with Crippen LogP contribution < -0.4 is 10.1 Å². The molecular weight excluding hydrogens is 250 g/mol. The number of rotatable bonds is 7. The fourth-order valence-corrected chi connectivity index (χ4v) is 2.30. The number of aliphatic hydroxyl groups excluding tert-OH is 1. The Hall–Kier alpha value is -1.06. The first-order chi connectivity index (χ1) is 9.43. The van der Waals surface area contributed by atoms with Crippen LogP contribution in [0.15, 0.2) is 18.2 Å². The van der Waals surface area contributed by atoms with Crippen LogP contribution >= 0.6 is 0 Å². The normalized spacial score (nSPS) is 13.3. The molecule has 2 N–H and O–H groups in total. The molecule has 0 fully saturated rings. The molecule has 0 bridgehead atoms. The molecule has 0 saturated heterocycles. The minimum Gasteiger partial charge on any atom is -0.493 e. The Kier molecular flexibility index (Phi) is 6.50. The topological polar surface area (TPSA) is 41.5 Å². The molecule has 0 aliphatic heterocycles. The largest absolute Gasteiger partial charge is 0.493 e. The molecule has 20 heavy (non-hydrogen) atoms. The summed E-state index contributed by atoms with van der Waals surface area (Å²) in [6, 6.07) is 6.55. The predicted molar refractivity (Wildman–Crippen MR) is 84.4 cm³/mol. The molecule has 0 aliphatic rings. The van der Waals surface area contributed by atoms with Crippen molar-refractivity contribution in [3.05, 3.63) is 29.3 Å². The van der Waals surface area contributed by atoms with E-state index in [-0.39, 0.29) is 18.1 Å². The van der Waals surface area contributed by atoms with Gasteiger partial charge in [0.1, 0.15) is 5.75 Å². The van der Waals surface area contributed by atoms with Gasteiger partial charge in [-0.05, 0) is 42.5 Å². The van der Waals surface area contributed by atoms with Gasteiger partial charge in [0.25, 0.3) is 0 Å². The molecule has 1 aromatic carbocycles. The Bertz CT molecular complexity index is 410. The summed E-state index contributed by atoms with van der Waals surface area (Å²) in [7, 11) is 1.93. The molecule has 0 saturated carbocycles. The average Bonchev–Trinajstić information content (AvgIpc) is 2.41. The third-order valence-electron chi connectivity index (χ3n) is 3.44. The van der Waals surface area contributed by atoms with Crippen LogP contribution in [-0.4, -0.2) is 25.4 Å². The van der Waals surface area contributed by atoms with Crippen molar-refractivity contribution < 1.29 is 9.84 Å². The molecule has 1 rings (SSSR count). The van der Waals surface area contributed by atoms with Crippen LogP contribution in [0.1, 0.15) is 57.7 Å². The van der Waals surface area contributed by atoms with Crippen molar-refractivity contribution >= 4 is 0 Å². The highest BCUT2D eigenvalue weighted by Gasteiger charge is 2.21. The van der Waals surface area contributed by atoms with Crippen molar-refractivity contribution in [1.29, 1.82) is 0 Å². The van der Waals surface area contributed by atoms with Crippen LogP contribution in [0.5, 0.6) is 5.75 Å². The number of hydrogen-bond acceptors (Lipinski definition) is 3. The fraction of sp³-hybridized carbons (Fsp3) is 0.647. The summed E-state index contributed by atoms with van der Waals surface area (Å²) in [5, 5.41) is 12.4. The maximum absolute atomic E-state index is 9.16. The van der Waals surface area contributed by atoms with E-state index in [0.717, 1.165) is 25.2 Å². The van der Waals surface area contributed by atoms with Crippen LogP contribution in [-0.2, 0) is 5.41 Å². The monoisotopic (exact) mass is 279 g/mol. The first-order valence-corrected chi connectivity index (χ1v) is 7.49. The number of hydrogen-bond donors (Lipinski definition) is 2. The minimum atomic E-state index is 0.0383. The molecule has 0 aliphatic carbocycles. The van der Waals surface area contributed by atoms with Crippen LogP contribution in [0.4, 0.5) is 0 Å². The summed E-state index contributed by atoms with van der Waals surface area (Å²) in [5.74, 6) is 0.974. The highest BCUT2D eigenvalue weighted by atomic mass is 16.5. The zero-order chi connectivity index (χ0) is 15.2. The molecule has 0 aromatic heterocycles. The highest BCUT2D eigenvalue weighted by molar-refractivity contribution is 5.42. The highest BCUT2D eigenvalue weighted by Crippen LogP contribution is 2.34. The Morgan fingerprint density at radius 2 is 2.00 bits per heavy atom. The second-order valence-electron chi connectivity index (χ2n) is 6.21. The van der Waals surface area contributed by atoms with Crippen LogP contribution in [0, 0.1) is 0 Å². The fourth-order valence-electron chi connectivity index (χ4n) is 2.30. The molecule has 3 heteroatoms. The van der Waals surface area contributed by atoms with Crippen molar-refractivity contribution in [3.8, 4) is 5.75 Å². The van der Waals surface area contributed by atoms with Crippen molar-refractivity contribution in [2.24, 2.45) is 0 Å². The lowest BCUT2D eigenvalue weighted by Crippen LogP contribution is -2.20. The standard InChI is InChI=1S/C17H29NO2/c1-6-11-20-16-8-7-13(15(18-5)9-10-19)12-14(16)17(2,3)4/h7-8,12,15,18-19H,6,9-11H2,1-5H3. The van der Waals surface area contributed by atoms with Gasteiger partial charge in [-0.3, -0.25) is 0 Å². The van der Waals surface area contributed by atoms with E-state index in [1.54, 1.807) is 0 Å². The summed E-state index contributed by atoms with van der Waals surface area (Å²) in [6.45, 7) is 9.64. The zero-order valence-electron chi connectivity index (χ0n) is 13.5. The van der Waals surface area contributed by atoms with Gasteiger partial charge in [-0.1, -0.05) is 39.8 Å². The first-order valence-electron chi connectivity index (χ1n) is 7.49. The molecule has 1 aromatic rings. The maximum atomic E-state index is 9.16. The van der Waals surface area contributed by atoms with E-state index in [9.17, 15) is 0 Å². The molecule has 114 valence electrons. The number of aliphatic hydroxyl groups is 1. The quantitative estimate of drug-likeness (QED) is 0.803. The summed E-state index contributed by atoms with van der Waals surface area (Å²) in [4.78, 5) is 0. The third kappa shape index (κ3) is 4.50. The molecular formula is C17H29NO2. The lowest BCUT2D eigenvalue weighted by atomic mass is 9.84. The lowest BCUT2D eigenvalue weighted by molar-refractivity contribution is 0.268. The predicted octanol–water partition coefficient (Wildman–Crippen LogP) is 3.42. The first kappa shape index (κ1) is 17.0. The number of nitrogens with one attached hydrogen (secondary N) is 1. The zero-order valence-corrected chi connectivity index (χ0v) is 13.5. The van der Waals surface area contributed by atoms with Gasteiger partial charge in [0.2, 0.25) is 0 Å². The molecule has 1 unspecified atom stereocenters. The third-order valence-corrected chi connectivity index (χ3v) is 3.44. The molecule has 0 radical (unpaired) electrons. The van der Waals surface area contributed by atoms with E-state index >= 15 is 0 Å². The van der Waals surface area contributed by atoms with E-state index in [4.69, 9.17) is 9.84 Å². The van der Waals surface area contributed by atoms with Crippen LogP contribution in [0.3, 0.4) is 0 Å². The summed E-state index contributed by atoms with van der Waals surface area (Å²) >= 11 is 0. The molecule has 0 spiro atoms. The van der Waals surface area contributed by atoms with Gasteiger partial charge in [-0.15, -0.1) is 0 Å². The smallest absolute Gasteiger partial charge is 0.123 e. The molecule has 0 heterocycles. The Balaban J connectivity index is 3.13. The Morgan fingerprint density at radius 1 is 1.30 bits per heavy atom. The average molecular weight is 279 g/mol. The second kappa shape index (κ2) is 7.65. The van der Waals surface area contributed by atoms with Gasteiger partial charge in [0.05, 0.1) is 6.61 Å². The molecule has 1 atom stereocenters. The van der Waals surface area contributed by atoms with E-state index < -0.39 is 0 Å². The second-order valence-corrected chi connectivity index (χ2v) is 6.21. The van der Waals surface area contributed by atoms with Gasteiger partial charge in [-0.2, -0.15) is 0 Å². The van der Waals surface area contributed by atoms with Crippen molar-refractivity contribution in [2.75, 3.05) is 20.3 Å². The van der Waals surface area contributed by atoms with Crippen molar-refractivity contribution in [3.63, 3.8) is 0 Å². The number of ether oxygens (including phenoxy) is 1. The Morgan fingerprint density at radius 3 is 2.50 bits per heavy atom. The van der Waals surface area contributed by atoms with Gasteiger partial charge in [-0.25, -0.2) is 0 Å². The van der Waals surface area contributed by atoms with E-state index in [2.05, 4.69) is 51.2 Å². The lowest BCUT2D eigenvalue weighted by Gasteiger charge is -2.25. The van der Waals surface area contributed by atoms with E-state index in [1.165, 1.54) is 11.1 Å². The summed E-state index contributed by atoms with van der Waals surface area (Å²) in [5.41, 5.74) is 2.47. The maximum Gasteiger partial charge on any atom is 0.123 e. The van der Waals surface area contributed by atoms with Crippen molar-refractivity contribution in [2.45, 2.75) is 52.0 Å². The van der Waals surface area contributed by atoms with Gasteiger partial charge >= 0.3 is 0 Å². The van der Waals surface area contributed by atoms with Crippen LogP contribution in [0.2, 0.25) is 0 Å². The van der Waals surface area contributed by atoms with Gasteiger partial charge < -0.3 is 15.2 Å². The van der Waals surface area contributed by atoms with E-state index in [0.29, 0.717) is 0 Å². The van der Waals surface area contributed by atoms with Gasteiger partial charge in [0, 0.05) is 12.6 Å². The molecule has 3 nitrogen and oxygen atoms in total. The summed E-state index contributed by atoms with van der Waals surface area (Å²) < 4.78 is 5.87. The SMILES string of the molecule is CCCOc1ccc(C(CCO)NC)cc1C(C)(C)C. The van der Waals surface area contributed by atoms with Gasteiger partial charge in [0.15, 0.2) is 0 Å². The minimum absolute atomic E-state index is 0.0383.